The Morgan fingerprint density at radius 2 is 1.14 bits per heavy atom. The van der Waals surface area contributed by atoms with Gasteiger partial charge in [-0.05, 0) is 79.6 Å². The van der Waals surface area contributed by atoms with Crippen LogP contribution in [-0.4, -0.2) is 5.11 Å². The van der Waals surface area contributed by atoms with E-state index in [0.717, 1.165) is 33.4 Å². The number of hydrogen-bond acceptors (Lipinski definition) is 4. The van der Waals surface area contributed by atoms with Gasteiger partial charge in [0.05, 0.1) is 17.1 Å². The van der Waals surface area contributed by atoms with Gasteiger partial charge in [0.25, 0.3) is 0 Å². The monoisotopic (exact) mass is 375 g/mol. The van der Waals surface area contributed by atoms with Gasteiger partial charge in [0.2, 0.25) is 0 Å². The summed E-state index contributed by atoms with van der Waals surface area (Å²) in [7, 11) is 0. The molecule has 0 saturated heterocycles. The van der Waals surface area contributed by atoms with E-state index < -0.39 is 5.60 Å². The molecule has 28 heavy (non-hydrogen) atoms. The third kappa shape index (κ3) is 2.72. The highest BCUT2D eigenvalue weighted by Crippen LogP contribution is 2.46. The van der Waals surface area contributed by atoms with Crippen LogP contribution in [0.15, 0.2) is 42.5 Å². The first-order chi connectivity index (χ1) is 13.1. The van der Waals surface area contributed by atoms with Gasteiger partial charge in [-0.3, -0.25) is 0 Å². The molecule has 0 aliphatic rings. The maximum absolute atomic E-state index is 12.3. The number of aliphatic hydroxyl groups is 1. The summed E-state index contributed by atoms with van der Waals surface area (Å²) in [4.78, 5) is 0. The molecule has 0 aliphatic carbocycles. The van der Waals surface area contributed by atoms with Crippen LogP contribution in [0.4, 0.5) is 17.1 Å². The third-order valence-electron chi connectivity index (χ3n) is 6.26. The molecule has 0 radical (unpaired) electrons. The Kier molecular flexibility index (Phi) is 4.86. The zero-order valence-corrected chi connectivity index (χ0v) is 17.2. The average Bonchev–Trinajstić information content (AvgIpc) is 2.69. The zero-order valence-electron chi connectivity index (χ0n) is 17.2. The van der Waals surface area contributed by atoms with Gasteiger partial charge in [-0.2, -0.15) is 0 Å². The smallest absolute Gasteiger partial charge is 0.143 e. The second kappa shape index (κ2) is 6.88. The van der Waals surface area contributed by atoms with E-state index in [0.29, 0.717) is 22.6 Å². The Balaban J connectivity index is 2.51. The van der Waals surface area contributed by atoms with E-state index in [1.165, 1.54) is 5.56 Å². The molecule has 3 rings (SSSR count). The topological polar surface area (TPSA) is 98.3 Å². The summed E-state index contributed by atoms with van der Waals surface area (Å²) in [6, 6.07) is 13.1. The van der Waals surface area contributed by atoms with Crippen LogP contribution < -0.4 is 17.2 Å². The van der Waals surface area contributed by atoms with Crippen LogP contribution in [0, 0.1) is 34.6 Å². The summed E-state index contributed by atoms with van der Waals surface area (Å²) in [6.07, 6.45) is 0. The number of hydrogen-bond donors (Lipinski definition) is 4. The Labute approximate surface area is 167 Å². The van der Waals surface area contributed by atoms with Crippen LogP contribution in [0.25, 0.3) is 0 Å². The fourth-order valence-electron chi connectivity index (χ4n) is 4.13. The SMILES string of the molecule is Cc1c(C)c(C)c(C(O)(c2ccccc2)c2ccc(N)c(N)c2N)c(C)c1C. The van der Waals surface area contributed by atoms with Crippen molar-refractivity contribution in [1.82, 2.24) is 0 Å². The van der Waals surface area contributed by atoms with Gasteiger partial charge in [-0.25, -0.2) is 0 Å². The van der Waals surface area contributed by atoms with Gasteiger partial charge in [0, 0.05) is 5.56 Å². The van der Waals surface area contributed by atoms with Gasteiger partial charge in [0.15, 0.2) is 0 Å². The molecule has 0 spiro atoms. The highest BCUT2D eigenvalue weighted by atomic mass is 16.3. The number of benzene rings is 3. The lowest BCUT2D eigenvalue weighted by molar-refractivity contribution is 0.125. The van der Waals surface area contributed by atoms with Crippen molar-refractivity contribution in [2.45, 2.75) is 40.2 Å². The molecule has 4 heteroatoms. The van der Waals surface area contributed by atoms with Crippen LogP contribution in [-0.2, 0) is 5.60 Å². The van der Waals surface area contributed by atoms with E-state index in [9.17, 15) is 5.11 Å². The molecule has 1 atom stereocenters. The Morgan fingerprint density at radius 1 is 0.643 bits per heavy atom. The predicted molar refractivity (Wildman–Crippen MR) is 118 cm³/mol. The van der Waals surface area contributed by atoms with E-state index in [4.69, 9.17) is 17.2 Å². The quantitative estimate of drug-likeness (QED) is 0.406. The molecular weight excluding hydrogens is 346 g/mol. The Hall–Kier alpha value is -2.98. The van der Waals surface area contributed by atoms with Crippen molar-refractivity contribution in [3.8, 4) is 0 Å². The lowest BCUT2D eigenvalue weighted by atomic mass is 9.73. The first-order valence-electron chi connectivity index (χ1n) is 9.41. The predicted octanol–water partition coefficient (Wildman–Crippen LogP) is 4.26. The zero-order chi connectivity index (χ0) is 20.8. The van der Waals surface area contributed by atoms with Crippen LogP contribution in [0.2, 0.25) is 0 Å². The van der Waals surface area contributed by atoms with Crippen LogP contribution in [0.3, 0.4) is 0 Å². The maximum atomic E-state index is 12.3. The summed E-state index contributed by atoms with van der Waals surface area (Å²) >= 11 is 0. The van der Waals surface area contributed by atoms with Gasteiger partial charge >= 0.3 is 0 Å². The highest BCUT2D eigenvalue weighted by Gasteiger charge is 2.39. The first kappa shape index (κ1) is 19.8. The molecule has 1 unspecified atom stereocenters. The molecule has 0 amide bonds. The van der Waals surface area contributed by atoms with E-state index in [1.54, 1.807) is 12.1 Å². The van der Waals surface area contributed by atoms with Crippen LogP contribution >= 0.6 is 0 Å². The van der Waals surface area contributed by atoms with E-state index >= 15 is 0 Å². The number of rotatable bonds is 3. The van der Waals surface area contributed by atoms with Gasteiger partial charge < -0.3 is 22.3 Å². The lowest BCUT2D eigenvalue weighted by Gasteiger charge is -2.36. The highest BCUT2D eigenvalue weighted by molar-refractivity contribution is 5.82. The van der Waals surface area contributed by atoms with Crippen molar-refractivity contribution < 1.29 is 5.11 Å². The summed E-state index contributed by atoms with van der Waals surface area (Å²) < 4.78 is 0. The van der Waals surface area contributed by atoms with E-state index in [2.05, 4.69) is 34.6 Å². The third-order valence-corrected chi connectivity index (χ3v) is 6.26. The fourth-order valence-corrected chi connectivity index (χ4v) is 4.13. The summed E-state index contributed by atoms with van der Waals surface area (Å²) in [5.41, 5.74) is 25.8. The summed E-state index contributed by atoms with van der Waals surface area (Å²) in [5, 5.41) is 12.3. The van der Waals surface area contributed by atoms with Gasteiger partial charge in [-0.1, -0.05) is 36.4 Å². The minimum Gasteiger partial charge on any atom is -0.397 e. The van der Waals surface area contributed by atoms with Crippen molar-refractivity contribution in [2.24, 2.45) is 0 Å². The molecule has 4 nitrogen and oxygen atoms in total. The lowest BCUT2D eigenvalue weighted by Crippen LogP contribution is -2.33. The minimum atomic E-state index is -1.45. The summed E-state index contributed by atoms with van der Waals surface area (Å²) in [5.74, 6) is 0. The number of nitrogens with two attached hydrogens (primary N) is 3. The minimum absolute atomic E-state index is 0.294. The standard InChI is InChI=1S/C24H29N3O/c1-13-14(2)16(4)21(17(5)15(13)3)24(28,18-9-7-6-8-10-18)19-11-12-20(25)23(27)22(19)26/h6-12,28H,25-27H2,1-5H3. The molecular formula is C24H29N3O. The molecule has 0 fully saturated rings. The average molecular weight is 376 g/mol. The van der Waals surface area contributed by atoms with Crippen molar-refractivity contribution in [3.05, 3.63) is 87.0 Å². The summed E-state index contributed by atoms with van der Waals surface area (Å²) in [6.45, 7) is 10.4. The van der Waals surface area contributed by atoms with Crippen LogP contribution in [0.1, 0.15) is 44.5 Å². The van der Waals surface area contributed by atoms with Crippen molar-refractivity contribution in [2.75, 3.05) is 17.2 Å². The normalized spacial score (nSPS) is 13.4. The van der Waals surface area contributed by atoms with Crippen molar-refractivity contribution in [3.63, 3.8) is 0 Å². The van der Waals surface area contributed by atoms with E-state index in [-0.39, 0.29) is 0 Å². The fraction of sp³-hybridized carbons (Fsp3) is 0.250. The first-order valence-corrected chi connectivity index (χ1v) is 9.41. The largest absolute Gasteiger partial charge is 0.397 e. The molecule has 3 aromatic rings. The van der Waals surface area contributed by atoms with Crippen LogP contribution in [0.5, 0.6) is 0 Å². The molecule has 0 aromatic heterocycles. The van der Waals surface area contributed by atoms with Crippen molar-refractivity contribution in [1.29, 1.82) is 0 Å². The second-order valence-corrected chi connectivity index (χ2v) is 7.61. The Bertz CT molecular complexity index is 1030. The maximum Gasteiger partial charge on any atom is 0.143 e. The van der Waals surface area contributed by atoms with Crippen molar-refractivity contribution >= 4 is 17.1 Å². The van der Waals surface area contributed by atoms with Gasteiger partial charge in [0.1, 0.15) is 5.60 Å². The Morgan fingerprint density at radius 3 is 1.68 bits per heavy atom. The molecule has 146 valence electrons. The molecule has 0 heterocycles. The molecule has 7 N–H and O–H groups in total. The molecule has 3 aromatic carbocycles. The number of nitrogen functional groups attached to an aromatic ring is 3. The van der Waals surface area contributed by atoms with E-state index in [1.807, 2.05) is 30.3 Å². The second-order valence-electron chi connectivity index (χ2n) is 7.61. The molecule has 0 bridgehead atoms. The van der Waals surface area contributed by atoms with Gasteiger partial charge in [-0.15, -0.1) is 0 Å². The molecule has 0 saturated carbocycles. The molecule has 0 aliphatic heterocycles. The number of anilines is 3.